The third kappa shape index (κ3) is 865. The molecule has 0 aromatic heterocycles. The molecular weight excluding hydrogens is 187 g/mol. The van der Waals surface area contributed by atoms with Crippen molar-refractivity contribution in [2.75, 3.05) is 0 Å². The molecule has 12 N–H and O–H groups in total. The number of rotatable bonds is 0. The molecule has 0 aromatic rings. The Balaban J connectivity index is -0.000000000333. The molecule has 0 aliphatic heterocycles. The van der Waals surface area contributed by atoms with E-state index in [-0.39, 0.29) is 32.9 Å². The quantitative estimate of drug-likeness (QED) is 0.350. The molecule has 8 heteroatoms. The summed E-state index contributed by atoms with van der Waals surface area (Å²) in [4.78, 5) is 0. The van der Waals surface area contributed by atoms with Gasteiger partial charge in [0, 0.05) is 0 Å². The van der Waals surface area contributed by atoms with Crippen LogP contribution in [0.25, 0.3) is 0 Å². The van der Waals surface area contributed by atoms with Gasteiger partial charge in [0.1, 0.15) is 0 Å². The average molecular weight is 199 g/mol. The van der Waals surface area contributed by atoms with Gasteiger partial charge in [-0.1, -0.05) is 0 Å². The van der Waals surface area contributed by atoms with E-state index in [1.165, 1.54) is 0 Å². The minimum absolute atomic E-state index is 0. The molecule has 64 valence electrons. The van der Waals surface area contributed by atoms with Crippen LogP contribution in [0.2, 0.25) is 0 Å². The topological polar surface area (TPSA) is 189 Å². The summed E-state index contributed by atoms with van der Waals surface area (Å²) < 4.78 is 0. The standard InChI is InChI=1S/Ni.6H2O.S/h;6*1H2;. The summed E-state index contributed by atoms with van der Waals surface area (Å²) >= 11 is 3.46. The van der Waals surface area contributed by atoms with Gasteiger partial charge < -0.3 is 32.9 Å². The monoisotopic (exact) mass is 198 g/mol. The molecule has 0 saturated heterocycles. The van der Waals surface area contributed by atoms with Crippen LogP contribution >= 0.6 is 10.7 Å². The van der Waals surface area contributed by atoms with Crippen molar-refractivity contribution in [1.82, 2.24) is 0 Å². The van der Waals surface area contributed by atoms with Gasteiger partial charge in [-0.25, -0.2) is 0 Å². The van der Waals surface area contributed by atoms with Gasteiger partial charge in [0.15, 0.2) is 0 Å². The van der Waals surface area contributed by atoms with Gasteiger partial charge in [0.2, 0.25) is 0 Å². The van der Waals surface area contributed by atoms with Gasteiger partial charge in [-0.2, -0.15) is 0 Å². The Morgan fingerprint density at radius 2 is 0.500 bits per heavy atom. The molecule has 0 atom stereocenters. The van der Waals surface area contributed by atoms with E-state index in [4.69, 9.17) is 0 Å². The number of hydrogen-bond acceptors (Lipinski definition) is 1. The van der Waals surface area contributed by atoms with Crippen LogP contribution in [-0.4, -0.2) is 32.9 Å². The van der Waals surface area contributed by atoms with Crippen molar-refractivity contribution in [3.63, 3.8) is 0 Å². The molecule has 8 heavy (non-hydrogen) atoms. The fourth-order valence-corrected chi connectivity index (χ4v) is 0. The molecular formula is H12NiO6S. The Labute approximate surface area is 58.0 Å². The van der Waals surface area contributed by atoms with Crippen LogP contribution < -0.4 is 0 Å². The van der Waals surface area contributed by atoms with Gasteiger partial charge in [0.05, 0.1) is 0 Å². The average Bonchev–Trinajstić information content (AvgIpc) is 1.00. The van der Waals surface area contributed by atoms with E-state index in [0.29, 0.717) is 0 Å². The van der Waals surface area contributed by atoms with Gasteiger partial charge >= 0.3 is 24.5 Å². The van der Waals surface area contributed by atoms with Gasteiger partial charge in [0.25, 0.3) is 0 Å². The van der Waals surface area contributed by atoms with Crippen LogP contribution in [0.15, 0.2) is 0 Å². The zero-order valence-electron chi connectivity index (χ0n) is 3.72. The van der Waals surface area contributed by atoms with Gasteiger partial charge in [-0.15, -0.1) is 0 Å². The molecule has 0 heterocycles. The summed E-state index contributed by atoms with van der Waals surface area (Å²) in [7, 11) is 3.71. The van der Waals surface area contributed by atoms with Crippen molar-refractivity contribution in [2.45, 2.75) is 0 Å². The van der Waals surface area contributed by atoms with E-state index in [2.05, 4.69) is 24.5 Å². The Hall–Kier alpha value is 0.474. The first-order chi connectivity index (χ1) is 1.00. The van der Waals surface area contributed by atoms with E-state index >= 15 is 0 Å². The Morgan fingerprint density at radius 3 is 0.500 bits per heavy atom. The molecule has 0 aliphatic carbocycles. The first kappa shape index (κ1) is 218. The van der Waals surface area contributed by atoms with E-state index in [1.54, 1.807) is 0 Å². The molecule has 0 fully saturated rings. The molecule has 0 aromatic carbocycles. The summed E-state index contributed by atoms with van der Waals surface area (Å²) in [5.41, 5.74) is 0. The zero-order chi connectivity index (χ0) is 2.00. The van der Waals surface area contributed by atoms with E-state index in [9.17, 15) is 0 Å². The van der Waals surface area contributed by atoms with Crippen molar-refractivity contribution in [1.29, 1.82) is 0 Å². The van der Waals surface area contributed by atoms with E-state index < -0.39 is 0 Å². The second-order valence-corrected chi connectivity index (χ2v) is 0. The Kier molecular flexibility index (Phi) is 38100. The molecule has 0 aliphatic rings. The van der Waals surface area contributed by atoms with E-state index in [1.807, 2.05) is 0 Å². The van der Waals surface area contributed by atoms with Crippen LogP contribution in [0.5, 0.6) is 0 Å². The van der Waals surface area contributed by atoms with Crippen molar-refractivity contribution < 1.29 is 46.7 Å². The molecule has 0 unspecified atom stereocenters. The second kappa shape index (κ2) is 1400. The third-order valence-corrected chi connectivity index (χ3v) is 0. The third-order valence-electron chi connectivity index (χ3n) is 0. The van der Waals surface area contributed by atoms with Gasteiger partial charge in [-0.05, 0) is 0 Å². The molecule has 0 bridgehead atoms. The SMILES string of the molecule is O.O.O.O.O.O.[S]=[Ni]. The summed E-state index contributed by atoms with van der Waals surface area (Å²) in [5, 5.41) is 0. The van der Waals surface area contributed by atoms with Crippen LogP contribution in [0.4, 0.5) is 0 Å². The zero-order valence-corrected chi connectivity index (χ0v) is 5.53. The van der Waals surface area contributed by atoms with Crippen LogP contribution in [0.1, 0.15) is 0 Å². The normalized spacial score (nSPS) is 0.750. The fraction of sp³-hybridized carbons (Fsp3) is 0. The summed E-state index contributed by atoms with van der Waals surface area (Å²) in [6.07, 6.45) is 0. The minimum atomic E-state index is 0. The number of hydrogen-bond donors (Lipinski definition) is 0. The van der Waals surface area contributed by atoms with Crippen molar-refractivity contribution in [3.05, 3.63) is 0 Å². The summed E-state index contributed by atoms with van der Waals surface area (Å²) in [6.45, 7) is 0. The summed E-state index contributed by atoms with van der Waals surface area (Å²) in [6, 6.07) is 0. The van der Waals surface area contributed by atoms with E-state index in [0.717, 1.165) is 0 Å². The molecule has 0 rings (SSSR count). The maximum atomic E-state index is 3.71. The predicted molar refractivity (Wildman–Crippen MR) is 29.3 cm³/mol. The van der Waals surface area contributed by atoms with Crippen molar-refractivity contribution in [3.8, 4) is 0 Å². The first-order valence-corrected chi connectivity index (χ1v) is 1.60. The molecule has 6 nitrogen and oxygen atoms in total. The second-order valence-electron chi connectivity index (χ2n) is 0. The molecule has 0 saturated carbocycles. The van der Waals surface area contributed by atoms with Crippen molar-refractivity contribution >= 4 is 10.7 Å². The Bertz CT molecular complexity index is 8.49. The summed E-state index contributed by atoms with van der Waals surface area (Å²) in [5.74, 6) is 0. The van der Waals surface area contributed by atoms with Crippen LogP contribution in [0, 0.1) is 0 Å². The Morgan fingerprint density at radius 1 is 0.500 bits per heavy atom. The first-order valence-electron chi connectivity index (χ1n) is 0.129. The predicted octanol–water partition coefficient (Wildman–Crippen LogP) is -4.30. The van der Waals surface area contributed by atoms with Gasteiger partial charge in [-0.3, -0.25) is 0 Å². The molecule has 0 radical (unpaired) electrons. The molecule has 0 amide bonds. The van der Waals surface area contributed by atoms with Crippen molar-refractivity contribution in [2.24, 2.45) is 0 Å². The fourth-order valence-electron chi connectivity index (χ4n) is 0. The van der Waals surface area contributed by atoms with Crippen LogP contribution in [-0.2, 0) is 13.9 Å². The maximum absolute atomic E-state index is 3.71. The van der Waals surface area contributed by atoms with Crippen LogP contribution in [0.3, 0.4) is 0 Å². The molecule has 0 spiro atoms.